The molecule has 0 aliphatic rings. The number of nitrogens with one attached hydrogen (secondary N) is 1. The summed E-state index contributed by atoms with van der Waals surface area (Å²) in [5.74, 6) is 0.364. The molecule has 22 heavy (non-hydrogen) atoms. The van der Waals surface area contributed by atoms with Crippen LogP contribution in [-0.2, 0) is 6.54 Å². The summed E-state index contributed by atoms with van der Waals surface area (Å²) < 4.78 is 5.48. The van der Waals surface area contributed by atoms with Crippen LogP contribution in [-0.4, -0.2) is 35.3 Å². The van der Waals surface area contributed by atoms with E-state index in [1.165, 1.54) is 11.3 Å². The Morgan fingerprint density at radius 3 is 3.05 bits per heavy atom. The van der Waals surface area contributed by atoms with Crippen LogP contribution in [0.4, 0.5) is 0 Å². The molecule has 2 rings (SSSR count). The number of carbonyl (C=O) groups excluding carboxylic acids is 1. The maximum atomic E-state index is 11.8. The van der Waals surface area contributed by atoms with Crippen LogP contribution in [0.5, 0.6) is 5.75 Å². The van der Waals surface area contributed by atoms with Gasteiger partial charge in [0.1, 0.15) is 29.2 Å². The molecule has 7 heteroatoms. The molecule has 0 spiro atoms. The van der Waals surface area contributed by atoms with Crippen molar-refractivity contribution in [1.82, 2.24) is 10.3 Å². The van der Waals surface area contributed by atoms with Crippen molar-refractivity contribution in [3.63, 3.8) is 0 Å². The van der Waals surface area contributed by atoms with Crippen molar-refractivity contribution in [2.75, 3.05) is 13.2 Å². The van der Waals surface area contributed by atoms with Gasteiger partial charge in [0, 0.05) is 18.5 Å². The Balaban J connectivity index is 1.75. The number of aryl methyl sites for hydroxylation is 1. The third kappa shape index (κ3) is 4.80. The Morgan fingerprint density at radius 1 is 1.55 bits per heavy atom. The van der Waals surface area contributed by atoms with Gasteiger partial charge in [-0.1, -0.05) is 12.1 Å². The van der Waals surface area contributed by atoms with Gasteiger partial charge >= 0.3 is 0 Å². The number of nitrogens with two attached hydrogens (primary N) is 1. The van der Waals surface area contributed by atoms with Crippen LogP contribution in [0.1, 0.15) is 21.1 Å². The van der Waals surface area contributed by atoms with Gasteiger partial charge in [0.2, 0.25) is 0 Å². The molecule has 6 nitrogen and oxygen atoms in total. The summed E-state index contributed by atoms with van der Waals surface area (Å²) in [6.45, 7) is 2.48. The number of aliphatic hydroxyl groups excluding tert-OH is 1. The number of hydrogen-bond donors (Lipinski definition) is 3. The lowest BCUT2D eigenvalue weighted by Crippen LogP contribution is -2.35. The second kappa shape index (κ2) is 7.88. The monoisotopic (exact) mass is 321 g/mol. The fraction of sp³-hybridized carbons (Fsp3) is 0.333. The highest BCUT2D eigenvalue weighted by molar-refractivity contribution is 7.09. The van der Waals surface area contributed by atoms with Crippen LogP contribution in [0.2, 0.25) is 0 Å². The maximum Gasteiger partial charge on any atom is 0.270 e. The highest BCUT2D eigenvalue weighted by Crippen LogP contribution is 2.12. The molecule has 1 amide bonds. The third-order valence-corrected chi connectivity index (χ3v) is 3.76. The zero-order valence-corrected chi connectivity index (χ0v) is 13.1. The Kier molecular flexibility index (Phi) is 5.88. The van der Waals surface area contributed by atoms with Gasteiger partial charge in [-0.05, 0) is 24.6 Å². The largest absolute Gasteiger partial charge is 0.491 e. The van der Waals surface area contributed by atoms with E-state index in [1.807, 2.05) is 31.2 Å². The number of rotatable bonds is 7. The summed E-state index contributed by atoms with van der Waals surface area (Å²) in [4.78, 5) is 15.9. The van der Waals surface area contributed by atoms with E-state index in [4.69, 9.17) is 10.5 Å². The zero-order valence-electron chi connectivity index (χ0n) is 12.3. The zero-order chi connectivity index (χ0) is 15.9. The predicted molar refractivity (Wildman–Crippen MR) is 85.0 cm³/mol. The van der Waals surface area contributed by atoms with E-state index in [1.54, 1.807) is 5.38 Å². The molecule has 1 aromatic carbocycles. The van der Waals surface area contributed by atoms with E-state index in [0.717, 1.165) is 5.56 Å². The molecular weight excluding hydrogens is 302 g/mol. The quantitative estimate of drug-likeness (QED) is 0.709. The van der Waals surface area contributed by atoms with Gasteiger partial charge in [0.25, 0.3) is 5.91 Å². The Hall–Kier alpha value is -1.96. The van der Waals surface area contributed by atoms with Gasteiger partial charge in [-0.3, -0.25) is 4.79 Å². The summed E-state index contributed by atoms with van der Waals surface area (Å²) in [6, 6.07) is 7.56. The molecule has 0 aliphatic carbocycles. The molecule has 118 valence electrons. The van der Waals surface area contributed by atoms with Crippen LogP contribution < -0.4 is 15.8 Å². The molecule has 2 aromatic rings. The SMILES string of the molecule is Cc1cccc(OCC(O)CNC(=O)c2csc(CN)n2)c1. The lowest BCUT2D eigenvalue weighted by Gasteiger charge is -2.13. The van der Waals surface area contributed by atoms with Crippen LogP contribution in [0, 0.1) is 6.92 Å². The van der Waals surface area contributed by atoms with Crippen molar-refractivity contribution in [3.05, 3.63) is 45.9 Å². The van der Waals surface area contributed by atoms with Crippen molar-refractivity contribution in [1.29, 1.82) is 0 Å². The van der Waals surface area contributed by atoms with Crippen molar-refractivity contribution in [2.24, 2.45) is 5.73 Å². The van der Waals surface area contributed by atoms with E-state index >= 15 is 0 Å². The Labute approximate surface area is 132 Å². The first-order valence-corrected chi connectivity index (χ1v) is 7.76. The first-order chi connectivity index (χ1) is 10.6. The minimum Gasteiger partial charge on any atom is -0.491 e. The van der Waals surface area contributed by atoms with Gasteiger partial charge in [-0.25, -0.2) is 4.98 Å². The standard InChI is InChI=1S/C15H19N3O3S/c1-10-3-2-4-12(5-10)21-8-11(19)7-17-15(20)13-9-22-14(6-16)18-13/h2-5,9,11,19H,6-8,16H2,1H3,(H,17,20). The Morgan fingerprint density at radius 2 is 2.36 bits per heavy atom. The van der Waals surface area contributed by atoms with Crippen LogP contribution in [0.25, 0.3) is 0 Å². The van der Waals surface area contributed by atoms with Crippen molar-refractivity contribution in [2.45, 2.75) is 19.6 Å². The molecule has 0 radical (unpaired) electrons. The average molecular weight is 321 g/mol. The van der Waals surface area contributed by atoms with E-state index in [9.17, 15) is 9.90 Å². The minimum absolute atomic E-state index is 0.0974. The molecule has 1 aromatic heterocycles. The fourth-order valence-electron chi connectivity index (χ4n) is 1.77. The molecule has 0 saturated heterocycles. The van der Waals surface area contributed by atoms with E-state index in [0.29, 0.717) is 23.0 Å². The molecule has 0 bridgehead atoms. The number of nitrogens with zero attached hydrogens (tertiary/aromatic N) is 1. The number of aromatic nitrogens is 1. The maximum absolute atomic E-state index is 11.8. The highest BCUT2D eigenvalue weighted by Gasteiger charge is 2.12. The number of benzene rings is 1. The molecule has 1 atom stereocenters. The summed E-state index contributed by atoms with van der Waals surface area (Å²) in [5, 5.41) is 14.8. The molecule has 0 fully saturated rings. The molecular formula is C15H19N3O3S. The topological polar surface area (TPSA) is 97.5 Å². The van der Waals surface area contributed by atoms with Gasteiger partial charge in [0.15, 0.2) is 0 Å². The lowest BCUT2D eigenvalue weighted by atomic mass is 10.2. The number of aliphatic hydroxyl groups is 1. The summed E-state index contributed by atoms with van der Waals surface area (Å²) in [6.07, 6.45) is -0.794. The molecule has 1 heterocycles. The van der Waals surface area contributed by atoms with E-state index in [2.05, 4.69) is 10.3 Å². The summed E-state index contributed by atoms with van der Waals surface area (Å²) >= 11 is 1.34. The highest BCUT2D eigenvalue weighted by atomic mass is 32.1. The summed E-state index contributed by atoms with van der Waals surface area (Å²) in [5.41, 5.74) is 6.85. The third-order valence-electron chi connectivity index (χ3n) is 2.89. The smallest absolute Gasteiger partial charge is 0.270 e. The fourth-order valence-corrected chi connectivity index (χ4v) is 2.42. The van der Waals surface area contributed by atoms with Gasteiger partial charge in [-0.2, -0.15) is 0 Å². The van der Waals surface area contributed by atoms with Crippen LogP contribution in [0.15, 0.2) is 29.6 Å². The molecule has 0 saturated carbocycles. The average Bonchev–Trinajstić information content (AvgIpc) is 3.00. The second-order valence-electron chi connectivity index (χ2n) is 4.82. The number of thiazole rings is 1. The second-order valence-corrected chi connectivity index (χ2v) is 5.76. The molecule has 1 unspecified atom stereocenters. The normalized spacial score (nSPS) is 12.0. The first-order valence-electron chi connectivity index (χ1n) is 6.88. The molecule has 0 aliphatic heterocycles. The van der Waals surface area contributed by atoms with E-state index < -0.39 is 6.10 Å². The lowest BCUT2D eigenvalue weighted by molar-refractivity contribution is 0.0840. The van der Waals surface area contributed by atoms with Crippen LogP contribution >= 0.6 is 11.3 Å². The first kappa shape index (κ1) is 16.4. The van der Waals surface area contributed by atoms with Crippen molar-refractivity contribution >= 4 is 17.2 Å². The number of hydrogen-bond acceptors (Lipinski definition) is 6. The van der Waals surface area contributed by atoms with Crippen molar-refractivity contribution in [3.8, 4) is 5.75 Å². The predicted octanol–water partition coefficient (Wildman–Crippen LogP) is 1.08. The van der Waals surface area contributed by atoms with Gasteiger partial charge in [-0.15, -0.1) is 11.3 Å². The molecule has 4 N–H and O–H groups in total. The number of amides is 1. The van der Waals surface area contributed by atoms with Crippen molar-refractivity contribution < 1.29 is 14.6 Å². The Bertz CT molecular complexity index is 630. The van der Waals surface area contributed by atoms with Gasteiger partial charge in [0.05, 0.1) is 0 Å². The minimum atomic E-state index is -0.794. The van der Waals surface area contributed by atoms with Crippen LogP contribution in [0.3, 0.4) is 0 Å². The number of carbonyl (C=O) groups is 1. The van der Waals surface area contributed by atoms with E-state index in [-0.39, 0.29) is 19.1 Å². The summed E-state index contributed by atoms with van der Waals surface area (Å²) in [7, 11) is 0. The number of ether oxygens (including phenoxy) is 1. The van der Waals surface area contributed by atoms with Gasteiger partial charge < -0.3 is 20.9 Å².